The van der Waals surface area contributed by atoms with Crippen LogP contribution in [0.3, 0.4) is 0 Å². The van der Waals surface area contributed by atoms with Gasteiger partial charge in [-0.05, 0) is 31.0 Å². The SMILES string of the molecule is CCC(CCO)NC(=O)C(=O)Nc1cccc(F)c1. The Hall–Kier alpha value is -1.95. The molecule has 0 fully saturated rings. The van der Waals surface area contributed by atoms with E-state index in [1.165, 1.54) is 18.2 Å². The molecule has 0 bridgehead atoms. The third-order valence-corrected chi connectivity index (χ3v) is 2.59. The number of rotatable bonds is 5. The van der Waals surface area contributed by atoms with Crippen molar-refractivity contribution in [3.8, 4) is 0 Å². The smallest absolute Gasteiger partial charge is 0.313 e. The maximum absolute atomic E-state index is 12.9. The van der Waals surface area contributed by atoms with Gasteiger partial charge in [0.2, 0.25) is 0 Å². The Morgan fingerprint density at radius 1 is 1.37 bits per heavy atom. The van der Waals surface area contributed by atoms with E-state index in [4.69, 9.17) is 5.11 Å². The van der Waals surface area contributed by atoms with E-state index in [9.17, 15) is 14.0 Å². The zero-order chi connectivity index (χ0) is 14.3. The van der Waals surface area contributed by atoms with Crippen LogP contribution in [0.25, 0.3) is 0 Å². The van der Waals surface area contributed by atoms with Crippen LogP contribution >= 0.6 is 0 Å². The molecule has 0 saturated carbocycles. The average molecular weight is 268 g/mol. The minimum Gasteiger partial charge on any atom is -0.396 e. The van der Waals surface area contributed by atoms with Gasteiger partial charge in [-0.2, -0.15) is 0 Å². The maximum atomic E-state index is 12.9. The number of anilines is 1. The first-order chi connectivity index (χ1) is 9.06. The third-order valence-electron chi connectivity index (χ3n) is 2.59. The monoisotopic (exact) mass is 268 g/mol. The van der Waals surface area contributed by atoms with Crippen LogP contribution in [-0.4, -0.2) is 29.6 Å². The number of hydrogen-bond acceptors (Lipinski definition) is 3. The van der Waals surface area contributed by atoms with Crippen LogP contribution in [0.15, 0.2) is 24.3 Å². The van der Waals surface area contributed by atoms with Gasteiger partial charge in [-0.3, -0.25) is 9.59 Å². The van der Waals surface area contributed by atoms with Crippen LogP contribution < -0.4 is 10.6 Å². The molecule has 1 atom stereocenters. The van der Waals surface area contributed by atoms with Gasteiger partial charge in [-0.1, -0.05) is 13.0 Å². The number of amides is 2. The Kier molecular flexibility index (Phi) is 5.95. The van der Waals surface area contributed by atoms with Crippen molar-refractivity contribution in [2.45, 2.75) is 25.8 Å². The fraction of sp³-hybridized carbons (Fsp3) is 0.385. The van der Waals surface area contributed by atoms with Crippen molar-refractivity contribution in [3.05, 3.63) is 30.1 Å². The summed E-state index contributed by atoms with van der Waals surface area (Å²) in [5, 5.41) is 13.6. The molecule has 1 aromatic carbocycles. The number of nitrogens with one attached hydrogen (secondary N) is 2. The fourth-order valence-corrected chi connectivity index (χ4v) is 1.54. The first kappa shape index (κ1) is 15.1. The lowest BCUT2D eigenvalue weighted by Gasteiger charge is -2.15. The molecule has 5 nitrogen and oxygen atoms in total. The number of aliphatic hydroxyl groups is 1. The Morgan fingerprint density at radius 2 is 2.11 bits per heavy atom. The number of aliphatic hydroxyl groups excluding tert-OH is 1. The normalized spacial score (nSPS) is 11.7. The molecule has 0 saturated heterocycles. The number of carbonyl (C=O) groups is 2. The molecule has 1 aromatic rings. The standard InChI is InChI=1S/C13H17FN2O3/c1-2-10(6-7-17)15-12(18)13(19)16-11-5-3-4-9(14)8-11/h3-5,8,10,17H,2,6-7H2,1H3,(H,15,18)(H,16,19). The van der Waals surface area contributed by atoms with Crippen molar-refractivity contribution in [2.75, 3.05) is 11.9 Å². The highest BCUT2D eigenvalue weighted by atomic mass is 19.1. The Balaban J connectivity index is 2.55. The zero-order valence-electron chi connectivity index (χ0n) is 10.6. The van der Waals surface area contributed by atoms with E-state index >= 15 is 0 Å². The summed E-state index contributed by atoms with van der Waals surface area (Å²) >= 11 is 0. The highest BCUT2D eigenvalue weighted by Gasteiger charge is 2.17. The molecule has 0 aliphatic carbocycles. The molecule has 0 aromatic heterocycles. The van der Waals surface area contributed by atoms with E-state index in [1.807, 2.05) is 6.92 Å². The van der Waals surface area contributed by atoms with E-state index in [1.54, 1.807) is 0 Å². The van der Waals surface area contributed by atoms with Gasteiger partial charge in [0.25, 0.3) is 0 Å². The second-order valence-electron chi connectivity index (χ2n) is 4.06. The summed E-state index contributed by atoms with van der Waals surface area (Å²) in [4.78, 5) is 23.1. The third kappa shape index (κ3) is 5.05. The molecule has 1 unspecified atom stereocenters. The molecule has 3 N–H and O–H groups in total. The van der Waals surface area contributed by atoms with Crippen molar-refractivity contribution >= 4 is 17.5 Å². The quantitative estimate of drug-likeness (QED) is 0.698. The number of halogens is 1. The van der Waals surface area contributed by atoms with Crippen molar-refractivity contribution < 1.29 is 19.1 Å². The van der Waals surface area contributed by atoms with Crippen LogP contribution in [0.1, 0.15) is 19.8 Å². The number of hydrogen-bond donors (Lipinski definition) is 3. The van der Waals surface area contributed by atoms with Gasteiger partial charge >= 0.3 is 11.8 Å². The topological polar surface area (TPSA) is 78.4 Å². The molecule has 6 heteroatoms. The van der Waals surface area contributed by atoms with E-state index in [2.05, 4.69) is 10.6 Å². The van der Waals surface area contributed by atoms with Crippen LogP contribution in [0, 0.1) is 5.82 Å². The highest BCUT2D eigenvalue weighted by molar-refractivity contribution is 6.39. The van der Waals surface area contributed by atoms with Crippen molar-refractivity contribution in [1.82, 2.24) is 5.32 Å². The molecule has 0 aliphatic heterocycles. The molecule has 0 spiro atoms. The average Bonchev–Trinajstić information content (AvgIpc) is 2.38. The van der Waals surface area contributed by atoms with Gasteiger partial charge in [0.15, 0.2) is 0 Å². The molecule has 19 heavy (non-hydrogen) atoms. The minimum absolute atomic E-state index is 0.0652. The van der Waals surface area contributed by atoms with Crippen LogP contribution in [-0.2, 0) is 9.59 Å². The first-order valence-corrected chi connectivity index (χ1v) is 6.05. The van der Waals surface area contributed by atoms with Gasteiger partial charge in [0.1, 0.15) is 5.82 Å². The summed E-state index contributed by atoms with van der Waals surface area (Å²) in [6, 6.07) is 5.03. The Morgan fingerprint density at radius 3 is 2.68 bits per heavy atom. The predicted octanol–water partition coefficient (Wildman–Crippen LogP) is 1.04. The lowest BCUT2D eigenvalue weighted by atomic mass is 10.1. The van der Waals surface area contributed by atoms with E-state index < -0.39 is 17.6 Å². The van der Waals surface area contributed by atoms with Crippen molar-refractivity contribution in [3.63, 3.8) is 0 Å². The molecule has 104 valence electrons. The molecule has 1 rings (SSSR count). The Bertz CT molecular complexity index is 451. The van der Waals surface area contributed by atoms with E-state index in [0.29, 0.717) is 12.8 Å². The highest BCUT2D eigenvalue weighted by Crippen LogP contribution is 2.08. The fourth-order valence-electron chi connectivity index (χ4n) is 1.54. The second kappa shape index (κ2) is 7.48. The first-order valence-electron chi connectivity index (χ1n) is 6.05. The molecule has 0 aliphatic rings. The number of carbonyl (C=O) groups excluding carboxylic acids is 2. The van der Waals surface area contributed by atoms with Gasteiger partial charge in [0.05, 0.1) is 0 Å². The van der Waals surface area contributed by atoms with Gasteiger partial charge < -0.3 is 15.7 Å². The van der Waals surface area contributed by atoms with Crippen molar-refractivity contribution in [2.24, 2.45) is 0 Å². The molecular weight excluding hydrogens is 251 g/mol. The Labute approximate surface area is 110 Å². The van der Waals surface area contributed by atoms with E-state index in [-0.39, 0.29) is 18.3 Å². The molecule has 0 heterocycles. The van der Waals surface area contributed by atoms with Gasteiger partial charge in [-0.25, -0.2) is 4.39 Å². The van der Waals surface area contributed by atoms with Crippen LogP contribution in [0.5, 0.6) is 0 Å². The summed E-state index contributed by atoms with van der Waals surface area (Å²) < 4.78 is 12.9. The zero-order valence-corrected chi connectivity index (χ0v) is 10.6. The minimum atomic E-state index is -0.859. The van der Waals surface area contributed by atoms with Crippen molar-refractivity contribution in [1.29, 1.82) is 0 Å². The van der Waals surface area contributed by atoms with Gasteiger partial charge in [-0.15, -0.1) is 0 Å². The summed E-state index contributed by atoms with van der Waals surface area (Å²) in [6.07, 6.45) is 0.995. The summed E-state index contributed by atoms with van der Waals surface area (Å²) in [6.45, 7) is 1.77. The van der Waals surface area contributed by atoms with Gasteiger partial charge in [0, 0.05) is 18.3 Å². The predicted molar refractivity (Wildman–Crippen MR) is 69.0 cm³/mol. The second-order valence-corrected chi connectivity index (χ2v) is 4.06. The maximum Gasteiger partial charge on any atom is 0.313 e. The lowest BCUT2D eigenvalue weighted by molar-refractivity contribution is -0.136. The van der Waals surface area contributed by atoms with Crippen LogP contribution in [0.4, 0.5) is 10.1 Å². The summed E-state index contributed by atoms with van der Waals surface area (Å²) in [7, 11) is 0. The molecule has 2 amide bonds. The lowest BCUT2D eigenvalue weighted by Crippen LogP contribution is -2.42. The van der Waals surface area contributed by atoms with Crippen LogP contribution in [0.2, 0.25) is 0 Å². The molecule has 0 radical (unpaired) electrons. The number of benzene rings is 1. The summed E-state index contributed by atoms with van der Waals surface area (Å²) in [5.41, 5.74) is 0.218. The summed E-state index contributed by atoms with van der Waals surface area (Å²) in [5.74, 6) is -2.16. The van der Waals surface area contributed by atoms with E-state index in [0.717, 1.165) is 6.07 Å². The molecular formula is C13H17FN2O3. The largest absolute Gasteiger partial charge is 0.396 e.